The monoisotopic (exact) mass is 159 g/mol. The number of hydrogen-bond acceptors (Lipinski definition) is 3. The van der Waals surface area contributed by atoms with Gasteiger partial charge in [0.15, 0.2) is 0 Å². The Bertz CT molecular complexity index is 89.5. The van der Waals surface area contributed by atoms with Crippen LogP contribution >= 0.6 is 0 Å². The summed E-state index contributed by atoms with van der Waals surface area (Å²) >= 11 is 0. The molecule has 0 aliphatic heterocycles. The topological polar surface area (TPSA) is 18.5 Å². The maximum atomic E-state index is 3.25. The Balaban J connectivity index is 3.66. The van der Waals surface area contributed by atoms with Crippen LogP contribution in [0.5, 0.6) is 0 Å². The number of rotatable bonds is 4. The van der Waals surface area contributed by atoms with Gasteiger partial charge < -0.3 is 0 Å². The lowest BCUT2D eigenvalue weighted by Gasteiger charge is -2.30. The molecule has 0 heterocycles. The standard InChI is InChI=1S/C8H21N3/c1-7(2)10(5)9-11(6)8(3)4/h7-9H,1-6H3. The van der Waals surface area contributed by atoms with E-state index in [0.29, 0.717) is 12.1 Å². The molecule has 68 valence electrons. The first-order chi connectivity index (χ1) is 4.95. The highest BCUT2D eigenvalue weighted by Gasteiger charge is 2.07. The quantitative estimate of drug-likeness (QED) is 0.619. The second-order valence-electron chi connectivity index (χ2n) is 3.51. The van der Waals surface area contributed by atoms with Gasteiger partial charge in [-0.1, -0.05) is 0 Å². The van der Waals surface area contributed by atoms with E-state index in [-0.39, 0.29) is 0 Å². The molecule has 0 radical (unpaired) electrons. The van der Waals surface area contributed by atoms with Crippen molar-refractivity contribution < 1.29 is 0 Å². The lowest BCUT2D eigenvalue weighted by Crippen LogP contribution is -2.51. The van der Waals surface area contributed by atoms with Crippen molar-refractivity contribution in [3.8, 4) is 0 Å². The molecular weight excluding hydrogens is 138 g/mol. The molecule has 1 N–H and O–H groups in total. The summed E-state index contributed by atoms with van der Waals surface area (Å²) in [7, 11) is 4.09. The summed E-state index contributed by atoms with van der Waals surface area (Å²) in [6, 6.07) is 1.05. The molecule has 3 heteroatoms. The number of nitrogens with one attached hydrogen (secondary N) is 1. The van der Waals surface area contributed by atoms with Crippen LogP contribution in [0.25, 0.3) is 0 Å². The van der Waals surface area contributed by atoms with Crippen LogP contribution in [-0.4, -0.2) is 36.2 Å². The van der Waals surface area contributed by atoms with Crippen LogP contribution < -0.4 is 5.53 Å². The van der Waals surface area contributed by atoms with Gasteiger partial charge in [0.25, 0.3) is 0 Å². The Labute approximate surface area is 70.3 Å². The molecule has 0 aliphatic rings. The maximum Gasteiger partial charge on any atom is 0.0197 e. The molecule has 0 atom stereocenters. The van der Waals surface area contributed by atoms with Gasteiger partial charge in [0, 0.05) is 26.2 Å². The van der Waals surface area contributed by atoms with Crippen LogP contribution in [0.2, 0.25) is 0 Å². The molecule has 0 bridgehead atoms. The van der Waals surface area contributed by atoms with Gasteiger partial charge >= 0.3 is 0 Å². The van der Waals surface area contributed by atoms with E-state index >= 15 is 0 Å². The van der Waals surface area contributed by atoms with E-state index in [1.54, 1.807) is 0 Å². The van der Waals surface area contributed by atoms with Crippen LogP contribution in [0.1, 0.15) is 27.7 Å². The molecule has 0 rings (SSSR count). The van der Waals surface area contributed by atoms with Gasteiger partial charge in [0.1, 0.15) is 0 Å². The molecule has 0 saturated heterocycles. The summed E-state index contributed by atoms with van der Waals surface area (Å²) in [6.07, 6.45) is 0. The first kappa shape index (κ1) is 10.9. The minimum Gasteiger partial charge on any atom is -0.231 e. The molecule has 0 saturated carbocycles. The molecule has 0 aromatic rings. The minimum absolute atomic E-state index is 0.524. The summed E-state index contributed by atoms with van der Waals surface area (Å²) in [4.78, 5) is 0. The lowest BCUT2D eigenvalue weighted by atomic mass is 10.4. The van der Waals surface area contributed by atoms with Gasteiger partial charge in [-0.3, -0.25) is 0 Å². The highest BCUT2D eigenvalue weighted by Crippen LogP contribution is 1.92. The summed E-state index contributed by atoms with van der Waals surface area (Å²) < 4.78 is 0. The average Bonchev–Trinajstić information content (AvgIpc) is 1.87. The van der Waals surface area contributed by atoms with Crippen molar-refractivity contribution in [1.29, 1.82) is 0 Å². The SMILES string of the molecule is CC(C)N(C)NN(C)C(C)C. The zero-order chi connectivity index (χ0) is 9.02. The van der Waals surface area contributed by atoms with Gasteiger partial charge in [-0.2, -0.15) is 5.53 Å². The second-order valence-corrected chi connectivity index (χ2v) is 3.51. The summed E-state index contributed by atoms with van der Waals surface area (Å²) in [5.41, 5.74) is 3.25. The normalized spacial score (nSPS) is 12.5. The van der Waals surface area contributed by atoms with Crippen LogP contribution in [0.3, 0.4) is 0 Å². The lowest BCUT2D eigenvalue weighted by molar-refractivity contribution is 0.0208. The van der Waals surface area contributed by atoms with E-state index in [9.17, 15) is 0 Å². The molecule has 3 nitrogen and oxygen atoms in total. The smallest absolute Gasteiger partial charge is 0.0197 e. The van der Waals surface area contributed by atoms with Gasteiger partial charge in [-0.05, 0) is 27.7 Å². The Hall–Kier alpha value is -0.120. The van der Waals surface area contributed by atoms with Crippen LogP contribution in [0.15, 0.2) is 0 Å². The first-order valence-electron chi connectivity index (χ1n) is 4.17. The third-order valence-electron chi connectivity index (χ3n) is 1.86. The number of hydrogen-bond donors (Lipinski definition) is 1. The zero-order valence-electron chi connectivity index (χ0n) is 8.55. The molecule has 0 aliphatic carbocycles. The van der Waals surface area contributed by atoms with Crippen LogP contribution in [0, 0.1) is 0 Å². The van der Waals surface area contributed by atoms with Crippen molar-refractivity contribution in [2.75, 3.05) is 14.1 Å². The minimum atomic E-state index is 0.524. The van der Waals surface area contributed by atoms with Crippen molar-refractivity contribution in [2.45, 2.75) is 39.8 Å². The van der Waals surface area contributed by atoms with E-state index < -0.39 is 0 Å². The maximum absolute atomic E-state index is 3.25. The third kappa shape index (κ3) is 4.35. The fourth-order valence-corrected chi connectivity index (χ4v) is 0.480. The molecule has 0 aromatic heterocycles. The van der Waals surface area contributed by atoms with E-state index in [2.05, 4.69) is 43.2 Å². The van der Waals surface area contributed by atoms with Crippen molar-refractivity contribution in [3.05, 3.63) is 0 Å². The van der Waals surface area contributed by atoms with Gasteiger partial charge in [0.05, 0.1) is 0 Å². The highest BCUT2D eigenvalue weighted by atomic mass is 15.7. The molecule has 0 aromatic carbocycles. The summed E-state index contributed by atoms with van der Waals surface area (Å²) in [6.45, 7) is 8.62. The van der Waals surface area contributed by atoms with E-state index in [4.69, 9.17) is 0 Å². The Morgan fingerprint density at radius 1 is 0.818 bits per heavy atom. The van der Waals surface area contributed by atoms with Crippen LogP contribution in [0.4, 0.5) is 0 Å². The predicted octanol–water partition coefficient (Wildman–Crippen LogP) is 1.09. The van der Waals surface area contributed by atoms with Gasteiger partial charge in [0.2, 0.25) is 0 Å². The zero-order valence-corrected chi connectivity index (χ0v) is 8.55. The summed E-state index contributed by atoms with van der Waals surface area (Å²) in [5, 5.41) is 4.17. The van der Waals surface area contributed by atoms with E-state index in [1.165, 1.54) is 0 Å². The van der Waals surface area contributed by atoms with Crippen LogP contribution in [-0.2, 0) is 0 Å². The second kappa shape index (κ2) is 4.70. The molecule has 0 fully saturated rings. The average molecular weight is 159 g/mol. The fourth-order valence-electron chi connectivity index (χ4n) is 0.480. The Kier molecular flexibility index (Phi) is 4.65. The predicted molar refractivity (Wildman–Crippen MR) is 48.9 cm³/mol. The highest BCUT2D eigenvalue weighted by molar-refractivity contribution is 4.52. The fraction of sp³-hybridized carbons (Fsp3) is 1.00. The van der Waals surface area contributed by atoms with Crippen molar-refractivity contribution >= 4 is 0 Å². The molecule has 11 heavy (non-hydrogen) atoms. The number of nitrogens with zero attached hydrogens (tertiary/aromatic N) is 2. The van der Waals surface area contributed by atoms with Crippen molar-refractivity contribution in [2.24, 2.45) is 0 Å². The van der Waals surface area contributed by atoms with Gasteiger partial charge in [-0.15, -0.1) is 0 Å². The van der Waals surface area contributed by atoms with Crippen molar-refractivity contribution in [1.82, 2.24) is 15.6 Å². The van der Waals surface area contributed by atoms with Crippen molar-refractivity contribution in [3.63, 3.8) is 0 Å². The molecular formula is C8H21N3. The Morgan fingerprint density at radius 3 is 1.27 bits per heavy atom. The van der Waals surface area contributed by atoms with Gasteiger partial charge in [-0.25, -0.2) is 10.0 Å². The van der Waals surface area contributed by atoms with E-state index in [0.717, 1.165) is 0 Å². The largest absolute Gasteiger partial charge is 0.231 e. The summed E-state index contributed by atoms with van der Waals surface area (Å²) in [5.74, 6) is 0. The molecule has 0 amide bonds. The van der Waals surface area contributed by atoms with E-state index in [1.807, 2.05) is 14.1 Å². The third-order valence-corrected chi connectivity index (χ3v) is 1.86. The number of hydrazine groups is 2. The Morgan fingerprint density at radius 2 is 1.09 bits per heavy atom. The first-order valence-corrected chi connectivity index (χ1v) is 4.17. The molecule has 0 spiro atoms. The molecule has 0 unspecified atom stereocenters.